The van der Waals surface area contributed by atoms with E-state index in [1.807, 2.05) is 0 Å². The van der Waals surface area contributed by atoms with E-state index in [9.17, 15) is 9.50 Å². The zero-order valence-electron chi connectivity index (χ0n) is 9.46. The van der Waals surface area contributed by atoms with Crippen LogP contribution in [0.1, 0.15) is 6.42 Å². The van der Waals surface area contributed by atoms with Gasteiger partial charge in [0.05, 0.1) is 18.5 Å². The molecule has 2 aliphatic rings. The van der Waals surface area contributed by atoms with Crippen molar-refractivity contribution in [3.05, 3.63) is 18.2 Å². The molecule has 0 bridgehead atoms. The summed E-state index contributed by atoms with van der Waals surface area (Å²) in [5.74, 6) is 0.163. The second-order valence-electron chi connectivity index (χ2n) is 4.69. The lowest BCUT2D eigenvalue weighted by Gasteiger charge is -2.37. The van der Waals surface area contributed by atoms with Gasteiger partial charge in [-0.2, -0.15) is 0 Å². The normalized spacial score (nSPS) is 29.4. The minimum atomic E-state index is -0.413. The molecule has 2 aliphatic heterocycles. The summed E-state index contributed by atoms with van der Waals surface area (Å²) >= 11 is 0. The summed E-state index contributed by atoms with van der Waals surface area (Å²) in [7, 11) is 0. The van der Waals surface area contributed by atoms with Crippen LogP contribution < -0.4 is 4.90 Å². The van der Waals surface area contributed by atoms with Gasteiger partial charge in [0.25, 0.3) is 0 Å². The smallest absolute Gasteiger partial charge is 0.225 e. The molecule has 2 fully saturated rings. The quantitative estimate of drug-likeness (QED) is 0.738. The molecular formula is C11H15FN4O. The Balaban J connectivity index is 1.72. The van der Waals surface area contributed by atoms with E-state index in [0.717, 1.165) is 32.6 Å². The maximum Gasteiger partial charge on any atom is 0.225 e. The maximum atomic E-state index is 12.7. The fourth-order valence-corrected chi connectivity index (χ4v) is 2.67. The minimum Gasteiger partial charge on any atom is -0.392 e. The summed E-state index contributed by atoms with van der Waals surface area (Å²) in [6, 6.07) is 0.368. The molecule has 0 aliphatic carbocycles. The van der Waals surface area contributed by atoms with Crippen LogP contribution in [0.4, 0.5) is 10.3 Å². The van der Waals surface area contributed by atoms with Crippen molar-refractivity contribution in [2.45, 2.75) is 18.6 Å². The highest BCUT2D eigenvalue weighted by Crippen LogP contribution is 2.23. The van der Waals surface area contributed by atoms with E-state index in [0.29, 0.717) is 12.0 Å². The number of aromatic nitrogens is 2. The molecule has 3 rings (SSSR count). The number of hydrogen-bond donors (Lipinski definition) is 1. The van der Waals surface area contributed by atoms with Crippen LogP contribution in [0.25, 0.3) is 0 Å². The van der Waals surface area contributed by atoms with Crippen molar-refractivity contribution in [1.82, 2.24) is 14.9 Å². The lowest BCUT2D eigenvalue weighted by atomic mass is 10.1. The van der Waals surface area contributed by atoms with Gasteiger partial charge in [-0.15, -0.1) is 0 Å². The number of fused-ring (bicyclic) bond motifs is 1. The first-order valence-corrected chi connectivity index (χ1v) is 5.87. The first-order chi connectivity index (χ1) is 8.22. The molecular weight excluding hydrogens is 223 g/mol. The summed E-state index contributed by atoms with van der Waals surface area (Å²) in [5, 5.41) is 9.61. The molecule has 92 valence electrons. The Morgan fingerprint density at radius 3 is 2.76 bits per heavy atom. The predicted octanol–water partition coefficient (Wildman–Crippen LogP) is -0.129. The van der Waals surface area contributed by atoms with Gasteiger partial charge in [0, 0.05) is 32.2 Å². The number of nitrogens with zero attached hydrogens (tertiary/aromatic N) is 4. The third-order valence-electron chi connectivity index (χ3n) is 3.48. The second-order valence-corrected chi connectivity index (χ2v) is 4.69. The van der Waals surface area contributed by atoms with E-state index in [4.69, 9.17) is 0 Å². The molecule has 5 nitrogen and oxygen atoms in total. The predicted molar refractivity (Wildman–Crippen MR) is 60.2 cm³/mol. The van der Waals surface area contributed by atoms with E-state index in [2.05, 4.69) is 19.8 Å². The van der Waals surface area contributed by atoms with Gasteiger partial charge in [-0.1, -0.05) is 0 Å². The molecule has 0 amide bonds. The Hall–Kier alpha value is -1.27. The number of rotatable bonds is 1. The fraction of sp³-hybridized carbons (Fsp3) is 0.636. The van der Waals surface area contributed by atoms with Gasteiger partial charge in [0.2, 0.25) is 5.95 Å². The van der Waals surface area contributed by atoms with Gasteiger partial charge >= 0.3 is 0 Å². The Bertz CT molecular complexity index is 399. The van der Waals surface area contributed by atoms with Gasteiger partial charge in [0.15, 0.2) is 5.82 Å². The number of hydrogen-bond acceptors (Lipinski definition) is 5. The molecule has 6 heteroatoms. The summed E-state index contributed by atoms with van der Waals surface area (Å²) < 4.78 is 12.7. The average molecular weight is 238 g/mol. The molecule has 1 aromatic heterocycles. The molecule has 1 aromatic rings. The van der Waals surface area contributed by atoms with Crippen LogP contribution in [0.5, 0.6) is 0 Å². The van der Waals surface area contributed by atoms with Crippen molar-refractivity contribution < 1.29 is 9.50 Å². The Morgan fingerprint density at radius 2 is 2.00 bits per heavy atom. The van der Waals surface area contributed by atoms with Gasteiger partial charge < -0.3 is 10.0 Å². The van der Waals surface area contributed by atoms with Crippen LogP contribution in [0.2, 0.25) is 0 Å². The molecule has 0 aromatic carbocycles. The zero-order chi connectivity index (χ0) is 11.8. The fourth-order valence-electron chi connectivity index (χ4n) is 2.67. The standard InChI is InChI=1S/C11H15FN4O/c12-8-4-13-11(14-5-8)16-2-1-15-7-10(17)3-9(15)6-16/h4-5,9-10,17H,1-3,6-7H2/t9-,10-/m0/s1. The van der Waals surface area contributed by atoms with Crippen LogP contribution in [-0.4, -0.2) is 58.3 Å². The van der Waals surface area contributed by atoms with E-state index >= 15 is 0 Å². The largest absolute Gasteiger partial charge is 0.392 e. The van der Waals surface area contributed by atoms with E-state index in [1.165, 1.54) is 12.4 Å². The molecule has 3 heterocycles. The molecule has 0 spiro atoms. The Morgan fingerprint density at radius 1 is 1.24 bits per heavy atom. The van der Waals surface area contributed by atoms with Crippen molar-refractivity contribution in [1.29, 1.82) is 0 Å². The SMILES string of the molecule is O[C@H]1C[C@H]2CN(c3ncc(F)cn3)CCN2C1. The van der Waals surface area contributed by atoms with Crippen molar-refractivity contribution in [2.75, 3.05) is 31.1 Å². The number of anilines is 1. The van der Waals surface area contributed by atoms with Gasteiger partial charge in [-0.3, -0.25) is 4.90 Å². The molecule has 0 unspecified atom stereocenters. The maximum absolute atomic E-state index is 12.7. The third-order valence-corrected chi connectivity index (χ3v) is 3.48. The summed E-state index contributed by atoms with van der Waals surface area (Å²) in [5.41, 5.74) is 0. The first kappa shape index (κ1) is 10.9. The Kier molecular flexibility index (Phi) is 2.68. The first-order valence-electron chi connectivity index (χ1n) is 5.87. The Labute approximate surface area is 98.9 Å². The second kappa shape index (κ2) is 4.19. The van der Waals surface area contributed by atoms with E-state index in [-0.39, 0.29) is 6.10 Å². The van der Waals surface area contributed by atoms with E-state index in [1.54, 1.807) is 0 Å². The molecule has 17 heavy (non-hydrogen) atoms. The zero-order valence-corrected chi connectivity index (χ0v) is 9.46. The highest BCUT2D eigenvalue weighted by Gasteiger charge is 2.35. The summed E-state index contributed by atoms with van der Waals surface area (Å²) in [6.45, 7) is 3.31. The lowest BCUT2D eigenvalue weighted by molar-refractivity contribution is 0.173. The lowest BCUT2D eigenvalue weighted by Crippen LogP contribution is -2.50. The number of halogens is 1. The van der Waals surface area contributed by atoms with Gasteiger partial charge in [-0.25, -0.2) is 14.4 Å². The van der Waals surface area contributed by atoms with Crippen LogP contribution in [0.3, 0.4) is 0 Å². The van der Waals surface area contributed by atoms with Crippen LogP contribution in [0, 0.1) is 5.82 Å². The minimum absolute atomic E-state index is 0.214. The summed E-state index contributed by atoms with van der Waals surface area (Å²) in [4.78, 5) is 12.3. The van der Waals surface area contributed by atoms with Crippen LogP contribution in [-0.2, 0) is 0 Å². The van der Waals surface area contributed by atoms with Crippen molar-refractivity contribution >= 4 is 5.95 Å². The number of aliphatic hydroxyl groups excluding tert-OH is 1. The molecule has 2 saturated heterocycles. The van der Waals surface area contributed by atoms with E-state index < -0.39 is 5.82 Å². The topological polar surface area (TPSA) is 52.5 Å². The highest BCUT2D eigenvalue weighted by atomic mass is 19.1. The molecule has 0 saturated carbocycles. The monoisotopic (exact) mass is 238 g/mol. The average Bonchev–Trinajstić information content (AvgIpc) is 2.69. The highest BCUT2D eigenvalue weighted by molar-refractivity contribution is 5.30. The molecule has 0 radical (unpaired) electrons. The van der Waals surface area contributed by atoms with Crippen molar-refractivity contribution in [3.8, 4) is 0 Å². The van der Waals surface area contributed by atoms with Gasteiger partial charge in [0.1, 0.15) is 0 Å². The van der Waals surface area contributed by atoms with Gasteiger partial charge in [-0.05, 0) is 6.42 Å². The molecule has 2 atom stereocenters. The van der Waals surface area contributed by atoms with Crippen LogP contribution >= 0.6 is 0 Å². The number of piperazine rings is 1. The molecule has 1 N–H and O–H groups in total. The van der Waals surface area contributed by atoms with Crippen molar-refractivity contribution in [2.24, 2.45) is 0 Å². The third kappa shape index (κ3) is 2.10. The summed E-state index contributed by atoms with van der Waals surface area (Å²) in [6.07, 6.45) is 2.97. The van der Waals surface area contributed by atoms with Crippen LogP contribution in [0.15, 0.2) is 12.4 Å². The van der Waals surface area contributed by atoms with Crippen molar-refractivity contribution in [3.63, 3.8) is 0 Å². The number of aliphatic hydroxyl groups is 1.